The van der Waals surface area contributed by atoms with E-state index in [-0.39, 0.29) is 0 Å². The smallest absolute Gasteiger partial charge is 0.442 e. The Morgan fingerprint density at radius 3 is 2.42 bits per heavy atom. The summed E-state index contributed by atoms with van der Waals surface area (Å²) in [4.78, 5) is 12.0. The molecule has 0 aliphatic rings. The second-order valence-corrected chi connectivity index (χ2v) is 5.41. The first-order valence-corrected chi connectivity index (χ1v) is 7.47. The van der Waals surface area contributed by atoms with E-state index in [9.17, 15) is 4.79 Å². The van der Waals surface area contributed by atoms with E-state index in [1.165, 1.54) is 4.57 Å². The summed E-state index contributed by atoms with van der Waals surface area (Å²) in [5.74, 6) is 1.12. The largest absolute Gasteiger partial charge is 0.493 e. The van der Waals surface area contributed by atoms with Gasteiger partial charge in [-0.3, -0.25) is 9.09 Å². The lowest BCUT2D eigenvalue weighted by Crippen LogP contribution is -2.16. The lowest BCUT2D eigenvalue weighted by molar-refractivity contribution is 0.355. The normalized spacial score (nSPS) is 10.6. The highest BCUT2D eigenvalue weighted by Crippen LogP contribution is 2.31. The topological polar surface area (TPSA) is 66.5 Å². The summed E-state index contributed by atoms with van der Waals surface area (Å²) < 4.78 is 16.9. The maximum atomic E-state index is 12.0. The number of aromatic nitrogens is 2. The SMILES string of the molecule is COc1ccc(-c2noc(=O)n2Cc2ccc(C)cc2)cc1OC. The number of rotatable bonds is 5. The minimum absolute atomic E-state index is 0.381. The van der Waals surface area contributed by atoms with E-state index in [0.717, 1.165) is 11.1 Å². The Hall–Kier alpha value is -3.02. The average Bonchev–Trinajstić information content (AvgIpc) is 2.97. The third kappa shape index (κ3) is 3.03. The molecule has 3 rings (SSSR count). The molecule has 124 valence electrons. The van der Waals surface area contributed by atoms with Crippen LogP contribution in [0.25, 0.3) is 11.4 Å². The van der Waals surface area contributed by atoms with Gasteiger partial charge in [0.05, 0.1) is 20.8 Å². The monoisotopic (exact) mass is 326 g/mol. The van der Waals surface area contributed by atoms with Crippen molar-refractivity contribution in [1.82, 2.24) is 9.72 Å². The van der Waals surface area contributed by atoms with E-state index >= 15 is 0 Å². The molecule has 0 N–H and O–H groups in total. The van der Waals surface area contributed by atoms with Gasteiger partial charge in [-0.1, -0.05) is 35.0 Å². The van der Waals surface area contributed by atoms with Crippen molar-refractivity contribution in [3.05, 3.63) is 64.1 Å². The van der Waals surface area contributed by atoms with Gasteiger partial charge in [-0.25, -0.2) is 4.79 Å². The minimum Gasteiger partial charge on any atom is -0.493 e. The van der Waals surface area contributed by atoms with Crippen molar-refractivity contribution in [2.45, 2.75) is 13.5 Å². The summed E-state index contributed by atoms with van der Waals surface area (Å²) in [5.41, 5.74) is 2.87. The van der Waals surface area contributed by atoms with Crippen molar-refractivity contribution in [2.24, 2.45) is 0 Å². The number of hydrogen-bond acceptors (Lipinski definition) is 5. The molecule has 0 aliphatic carbocycles. The zero-order valence-electron chi connectivity index (χ0n) is 13.8. The van der Waals surface area contributed by atoms with Crippen LogP contribution in [0, 0.1) is 6.92 Å². The van der Waals surface area contributed by atoms with Crippen LogP contribution in [0.2, 0.25) is 0 Å². The molecule has 3 aromatic rings. The van der Waals surface area contributed by atoms with Gasteiger partial charge in [0.2, 0.25) is 0 Å². The van der Waals surface area contributed by atoms with Gasteiger partial charge < -0.3 is 9.47 Å². The van der Waals surface area contributed by atoms with Crippen molar-refractivity contribution in [1.29, 1.82) is 0 Å². The van der Waals surface area contributed by atoms with Gasteiger partial charge >= 0.3 is 5.76 Å². The van der Waals surface area contributed by atoms with Gasteiger partial charge in [-0.2, -0.15) is 0 Å². The molecular formula is C18H18N2O4. The molecule has 6 nitrogen and oxygen atoms in total. The van der Waals surface area contributed by atoms with Gasteiger partial charge in [-0.05, 0) is 30.7 Å². The Morgan fingerprint density at radius 2 is 1.75 bits per heavy atom. The van der Waals surface area contributed by atoms with E-state index < -0.39 is 5.76 Å². The number of nitrogens with zero attached hydrogens (tertiary/aromatic N) is 2. The molecule has 1 aromatic heterocycles. The number of hydrogen-bond donors (Lipinski definition) is 0. The van der Waals surface area contributed by atoms with E-state index in [0.29, 0.717) is 29.4 Å². The van der Waals surface area contributed by atoms with E-state index in [1.54, 1.807) is 26.4 Å². The first-order chi connectivity index (χ1) is 11.6. The second kappa shape index (κ2) is 6.62. The zero-order chi connectivity index (χ0) is 17.1. The molecule has 0 unspecified atom stereocenters. The number of methoxy groups -OCH3 is 2. The fourth-order valence-corrected chi connectivity index (χ4v) is 2.47. The van der Waals surface area contributed by atoms with Crippen LogP contribution in [0.15, 0.2) is 51.8 Å². The van der Waals surface area contributed by atoms with Gasteiger partial charge in [0.25, 0.3) is 0 Å². The number of benzene rings is 2. The van der Waals surface area contributed by atoms with Crippen LogP contribution in [0.5, 0.6) is 11.5 Å². The van der Waals surface area contributed by atoms with Gasteiger partial charge in [-0.15, -0.1) is 0 Å². The highest BCUT2D eigenvalue weighted by Gasteiger charge is 2.15. The van der Waals surface area contributed by atoms with Crippen molar-refractivity contribution in [3.8, 4) is 22.9 Å². The molecular weight excluding hydrogens is 308 g/mol. The highest BCUT2D eigenvalue weighted by atomic mass is 16.5. The van der Waals surface area contributed by atoms with Crippen LogP contribution in [0.3, 0.4) is 0 Å². The highest BCUT2D eigenvalue weighted by molar-refractivity contribution is 5.61. The fraction of sp³-hybridized carbons (Fsp3) is 0.222. The Bertz CT molecular complexity index is 894. The minimum atomic E-state index is -0.500. The molecule has 2 aromatic carbocycles. The average molecular weight is 326 g/mol. The molecule has 0 saturated heterocycles. The van der Waals surface area contributed by atoms with Crippen molar-refractivity contribution < 1.29 is 14.0 Å². The third-order valence-electron chi connectivity index (χ3n) is 3.79. The van der Waals surface area contributed by atoms with Gasteiger partial charge in [0, 0.05) is 5.56 Å². The third-order valence-corrected chi connectivity index (χ3v) is 3.79. The van der Waals surface area contributed by atoms with Crippen LogP contribution in [-0.2, 0) is 6.54 Å². The predicted molar refractivity (Wildman–Crippen MR) is 89.6 cm³/mol. The second-order valence-electron chi connectivity index (χ2n) is 5.41. The zero-order valence-corrected chi connectivity index (χ0v) is 13.8. The van der Waals surface area contributed by atoms with Crippen LogP contribution < -0.4 is 15.2 Å². The van der Waals surface area contributed by atoms with E-state index in [2.05, 4.69) is 5.16 Å². The standard InChI is InChI=1S/C18H18N2O4/c1-12-4-6-13(7-5-12)11-20-17(19-24-18(20)21)14-8-9-15(22-2)16(10-14)23-3/h4-10H,11H2,1-3H3. The molecule has 1 heterocycles. The lowest BCUT2D eigenvalue weighted by Gasteiger charge is -2.10. The van der Waals surface area contributed by atoms with Crippen molar-refractivity contribution >= 4 is 0 Å². The van der Waals surface area contributed by atoms with Crippen LogP contribution in [0.1, 0.15) is 11.1 Å². The first-order valence-electron chi connectivity index (χ1n) is 7.47. The van der Waals surface area contributed by atoms with E-state index in [1.807, 2.05) is 37.3 Å². The quantitative estimate of drug-likeness (QED) is 0.721. The summed E-state index contributed by atoms with van der Waals surface area (Å²) >= 11 is 0. The molecule has 0 atom stereocenters. The summed E-state index contributed by atoms with van der Waals surface area (Å²) in [7, 11) is 3.13. The Kier molecular flexibility index (Phi) is 4.37. The summed E-state index contributed by atoms with van der Waals surface area (Å²) in [6.45, 7) is 2.40. The number of aryl methyl sites for hydroxylation is 1. The number of ether oxygens (including phenoxy) is 2. The van der Waals surface area contributed by atoms with Crippen LogP contribution >= 0.6 is 0 Å². The molecule has 0 bridgehead atoms. The molecule has 0 saturated carbocycles. The molecule has 24 heavy (non-hydrogen) atoms. The first kappa shape index (κ1) is 15.9. The Labute approximate surface area is 139 Å². The lowest BCUT2D eigenvalue weighted by atomic mass is 10.1. The van der Waals surface area contributed by atoms with Crippen LogP contribution in [-0.4, -0.2) is 23.9 Å². The predicted octanol–water partition coefficient (Wildman–Crippen LogP) is 2.88. The molecule has 0 radical (unpaired) electrons. The van der Waals surface area contributed by atoms with Gasteiger partial charge in [0.15, 0.2) is 17.3 Å². The van der Waals surface area contributed by atoms with E-state index in [4.69, 9.17) is 14.0 Å². The fourth-order valence-electron chi connectivity index (χ4n) is 2.47. The molecule has 0 spiro atoms. The molecule has 0 aliphatic heterocycles. The Balaban J connectivity index is 2.01. The summed E-state index contributed by atoms with van der Waals surface area (Å²) in [6, 6.07) is 13.3. The molecule has 0 amide bonds. The molecule has 6 heteroatoms. The summed E-state index contributed by atoms with van der Waals surface area (Å²) in [5, 5.41) is 3.91. The maximum absolute atomic E-state index is 12.0. The van der Waals surface area contributed by atoms with Crippen LogP contribution in [0.4, 0.5) is 0 Å². The molecule has 0 fully saturated rings. The Morgan fingerprint density at radius 1 is 1.04 bits per heavy atom. The maximum Gasteiger partial charge on any atom is 0.442 e. The summed E-state index contributed by atoms with van der Waals surface area (Å²) in [6.07, 6.45) is 0. The van der Waals surface area contributed by atoms with Crippen molar-refractivity contribution in [2.75, 3.05) is 14.2 Å². The van der Waals surface area contributed by atoms with Crippen molar-refractivity contribution in [3.63, 3.8) is 0 Å². The van der Waals surface area contributed by atoms with Gasteiger partial charge in [0.1, 0.15) is 0 Å².